The van der Waals surface area contributed by atoms with Crippen LogP contribution in [0, 0.1) is 80.3 Å². The van der Waals surface area contributed by atoms with Crippen LogP contribution in [0.1, 0.15) is 162 Å². The van der Waals surface area contributed by atoms with E-state index in [0.29, 0.717) is 59.9 Å². The fraction of sp³-hybridized carbons (Fsp3) is 1.00. The quantitative estimate of drug-likeness (QED) is 0.232. The number of hydrogen-bond donors (Lipinski definition) is 1. The lowest BCUT2D eigenvalue weighted by Crippen LogP contribution is -2.54. The molecule has 3 aliphatic carbocycles. The largest absolute Gasteiger partial charge is 0.393 e. The topological polar surface area (TPSA) is 47.9 Å². The summed E-state index contributed by atoms with van der Waals surface area (Å²) < 4.78 is 21.3. The van der Waals surface area contributed by atoms with Crippen LogP contribution < -0.4 is 0 Å². The molecule has 1 heterocycles. The van der Waals surface area contributed by atoms with Gasteiger partial charge in [0.05, 0.1) is 24.9 Å². The minimum Gasteiger partial charge on any atom is -0.393 e. The molecule has 4 rings (SSSR count). The number of rotatable bonds is 5. The first-order valence-electron chi connectivity index (χ1n) is 19.7. The second-order valence-corrected chi connectivity index (χ2v) is 23.6. The fourth-order valence-corrected chi connectivity index (χ4v) is 11.9. The third kappa shape index (κ3) is 9.58. The molecule has 0 aromatic carbocycles. The van der Waals surface area contributed by atoms with Crippen LogP contribution in [0.25, 0.3) is 0 Å². The number of hydrogen-bond acceptors (Lipinski definition) is 4. The van der Waals surface area contributed by atoms with Gasteiger partial charge in [-0.05, 0) is 132 Å². The van der Waals surface area contributed by atoms with Gasteiger partial charge < -0.3 is 18.7 Å². The molecule has 1 N–H and O–H groups in total. The van der Waals surface area contributed by atoms with Crippen LogP contribution in [0.15, 0.2) is 0 Å². The van der Waals surface area contributed by atoms with Gasteiger partial charge in [-0.25, -0.2) is 0 Å². The third-order valence-corrected chi connectivity index (χ3v) is 15.0. The van der Waals surface area contributed by atoms with E-state index in [9.17, 15) is 5.11 Å². The Morgan fingerprint density at radius 2 is 1.00 bits per heavy atom. The molecule has 47 heavy (non-hydrogen) atoms. The second-order valence-electron chi connectivity index (χ2n) is 22.5. The van der Waals surface area contributed by atoms with Crippen molar-refractivity contribution >= 4 is 8.60 Å². The number of aliphatic hydroxyl groups is 1. The summed E-state index contributed by atoms with van der Waals surface area (Å²) >= 11 is 0. The van der Waals surface area contributed by atoms with Crippen LogP contribution in [-0.4, -0.2) is 30.0 Å². The molecule has 0 spiro atoms. The van der Waals surface area contributed by atoms with Gasteiger partial charge in [-0.3, -0.25) is 0 Å². The van der Waals surface area contributed by atoms with Crippen molar-refractivity contribution in [2.45, 2.75) is 180 Å². The Morgan fingerprint density at radius 3 is 1.38 bits per heavy atom. The van der Waals surface area contributed by atoms with Crippen LogP contribution in [0.5, 0.6) is 0 Å². The highest BCUT2D eigenvalue weighted by Crippen LogP contribution is 2.64. The van der Waals surface area contributed by atoms with Crippen molar-refractivity contribution in [3.05, 3.63) is 0 Å². The molecule has 3 saturated carbocycles. The van der Waals surface area contributed by atoms with Gasteiger partial charge >= 0.3 is 8.60 Å². The summed E-state index contributed by atoms with van der Waals surface area (Å²) in [5.41, 5.74) is 0.992. The van der Waals surface area contributed by atoms with Crippen molar-refractivity contribution in [1.29, 1.82) is 0 Å². The molecule has 5 heteroatoms. The minimum atomic E-state index is -1.43. The Kier molecular flexibility index (Phi) is 12.2. The molecule has 276 valence electrons. The molecule has 4 nitrogen and oxygen atoms in total. The maximum absolute atomic E-state index is 11.0. The van der Waals surface area contributed by atoms with E-state index >= 15 is 0 Å². The van der Waals surface area contributed by atoms with Crippen LogP contribution in [-0.2, 0) is 13.6 Å². The van der Waals surface area contributed by atoms with Gasteiger partial charge in [0, 0.05) is 0 Å². The zero-order valence-corrected chi connectivity index (χ0v) is 34.8. The summed E-state index contributed by atoms with van der Waals surface area (Å²) in [7, 11) is -1.43. The van der Waals surface area contributed by atoms with Gasteiger partial charge in [0.2, 0.25) is 0 Å². The van der Waals surface area contributed by atoms with E-state index in [4.69, 9.17) is 13.6 Å². The second kappa shape index (κ2) is 14.4. The summed E-state index contributed by atoms with van der Waals surface area (Å²) in [6, 6.07) is 0. The van der Waals surface area contributed by atoms with E-state index in [1.54, 1.807) is 0 Å². The monoisotopic (exact) mass is 679 g/mol. The van der Waals surface area contributed by atoms with Gasteiger partial charge in [0.1, 0.15) is 0 Å². The molecule has 1 aliphatic heterocycles. The lowest BCUT2D eigenvalue weighted by molar-refractivity contribution is -0.104. The van der Waals surface area contributed by atoms with Crippen LogP contribution in [0.4, 0.5) is 0 Å². The molecule has 0 aromatic heterocycles. The maximum Gasteiger partial charge on any atom is 0.333 e. The van der Waals surface area contributed by atoms with Crippen molar-refractivity contribution in [3.8, 4) is 0 Å². The molecule has 0 amide bonds. The summed E-state index contributed by atoms with van der Waals surface area (Å²) in [4.78, 5) is 0. The summed E-state index contributed by atoms with van der Waals surface area (Å²) in [6.45, 7) is 39.3. The lowest BCUT2D eigenvalue weighted by atomic mass is 9.52. The highest BCUT2D eigenvalue weighted by atomic mass is 31.2. The molecule has 12 unspecified atom stereocenters. The highest BCUT2D eigenvalue weighted by molar-refractivity contribution is 7.41. The van der Waals surface area contributed by atoms with Crippen LogP contribution in [0.3, 0.4) is 0 Å². The zero-order chi connectivity index (χ0) is 35.5. The Hall–Kier alpha value is 0.270. The fourth-order valence-electron chi connectivity index (χ4n) is 10.4. The van der Waals surface area contributed by atoms with Crippen molar-refractivity contribution in [1.82, 2.24) is 0 Å². The smallest absolute Gasteiger partial charge is 0.333 e. The first kappa shape index (κ1) is 40.0. The maximum atomic E-state index is 11.0. The summed E-state index contributed by atoms with van der Waals surface area (Å²) in [6.07, 6.45) is 9.52. The molecule has 12 atom stereocenters. The van der Waals surface area contributed by atoms with E-state index in [1.165, 1.54) is 25.7 Å². The van der Waals surface area contributed by atoms with Gasteiger partial charge in [-0.15, -0.1) is 0 Å². The Morgan fingerprint density at radius 1 is 0.574 bits per heavy atom. The van der Waals surface area contributed by atoms with Gasteiger partial charge in [0.15, 0.2) is 0 Å². The molecular weight excluding hydrogens is 599 g/mol. The van der Waals surface area contributed by atoms with Gasteiger partial charge in [0.25, 0.3) is 0 Å². The Labute approximate surface area is 294 Å². The first-order valence-corrected chi connectivity index (χ1v) is 20.8. The third-order valence-electron chi connectivity index (χ3n) is 13.8. The van der Waals surface area contributed by atoms with Crippen LogP contribution >= 0.6 is 8.60 Å². The van der Waals surface area contributed by atoms with E-state index < -0.39 is 8.60 Å². The van der Waals surface area contributed by atoms with Crippen molar-refractivity contribution in [3.63, 3.8) is 0 Å². The van der Waals surface area contributed by atoms with E-state index in [0.717, 1.165) is 25.7 Å². The molecule has 0 aromatic rings. The molecule has 4 fully saturated rings. The van der Waals surface area contributed by atoms with E-state index in [1.807, 2.05) is 0 Å². The standard InChI is InChI=1S/C42H79O4P/c1-26-20-27(21-32(35(26)43)40(8,9)10)18-17-19-44-47-45-36-30(22-28(38(2,3)4)24-33(36)41(11,12)13)31-23-29(39(5,6)7)25-34(37(31)46-47)42(14,15)16/h26-37,43H,17-25H2,1-16H3. The Balaban J connectivity index is 1.59. The minimum absolute atomic E-state index is 0.131. The van der Waals surface area contributed by atoms with E-state index in [-0.39, 0.29) is 45.4 Å². The average Bonchev–Trinajstić information content (AvgIpc) is 3.05. The SMILES string of the molecule is CC1CC(CCCOP2OC3C(CC(C(C)(C)C)CC3C(C)(C)C)C3CC(C(C)(C)C)CC(C(C)(C)C)C3O2)CC(C(C)(C)C)C1O. The molecule has 0 radical (unpaired) electrons. The molecule has 1 saturated heterocycles. The first-order chi connectivity index (χ1) is 21.3. The number of aliphatic hydroxyl groups excluding tert-OH is 1. The summed E-state index contributed by atoms with van der Waals surface area (Å²) in [5.74, 6) is 4.69. The normalized spacial score (nSPS) is 41.2. The predicted molar refractivity (Wildman–Crippen MR) is 200 cm³/mol. The van der Waals surface area contributed by atoms with Gasteiger partial charge in [-0.2, -0.15) is 0 Å². The number of fused-ring (bicyclic) bond motifs is 3. The molecular formula is C42H79O4P. The van der Waals surface area contributed by atoms with E-state index in [2.05, 4.69) is 111 Å². The van der Waals surface area contributed by atoms with Crippen LogP contribution in [0.2, 0.25) is 0 Å². The molecule has 0 bridgehead atoms. The van der Waals surface area contributed by atoms with Crippen molar-refractivity contribution in [2.75, 3.05) is 6.61 Å². The Bertz CT molecular complexity index is 950. The van der Waals surface area contributed by atoms with Gasteiger partial charge in [-0.1, -0.05) is 111 Å². The zero-order valence-electron chi connectivity index (χ0n) is 33.9. The predicted octanol–water partition coefficient (Wildman–Crippen LogP) is 12.3. The van der Waals surface area contributed by atoms with Crippen molar-refractivity contribution in [2.24, 2.45) is 80.3 Å². The average molecular weight is 679 g/mol. The van der Waals surface area contributed by atoms with Crippen molar-refractivity contribution < 1.29 is 18.7 Å². The summed E-state index contributed by atoms with van der Waals surface area (Å²) in [5, 5.41) is 11.0. The highest BCUT2D eigenvalue weighted by Gasteiger charge is 2.58. The lowest BCUT2D eigenvalue weighted by Gasteiger charge is -2.55. The molecule has 4 aliphatic rings.